The first kappa shape index (κ1) is 13.2. The molecule has 16 heavy (non-hydrogen) atoms. The lowest BCUT2D eigenvalue weighted by Gasteiger charge is -2.22. The van der Waals surface area contributed by atoms with Crippen molar-refractivity contribution in [3.8, 4) is 0 Å². The van der Waals surface area contributed by atoms with E-state index >= 15 is 0 Å². The van der Waals surface area contributed by atoms with E-state index in [1.165, 1.54) is 27.8 Å². The van der Waals surface area contributed by atoms with Crippen LogP contribution in [-0.2, 0) is 0 Å². The van der Waals surface area contributed by atoms with Crippen LogP contribution in [0.15, 0.2) is 0 Å². The van der Waals surface area contributed by atoms with Crippen LogP contribution >= 0.6 is 0 Å². The molecule has 90 valence electrons. The van der Waals surface area contributed by atoms with E-state index in [2.05, 4.69) is 34.6 Å². The first-order chi connectivity index (χ1) is 7.41. The summed E-state index contributed by atoms with van der Waals surface area (Å²) in [4.78, 5) is 0. The summed E-state index contributed by atoms with van der Waals surface area (Å²) in [5, 5.41) is 0. The number of alkyl halides is 1. The van der Waals surface area contributed by atoms with Gasteiger partial charge in [-0.05, 0) is 74.4 Å². The highest BCUT2D eigenvalue weighted by atomic mass is 19.1. The molecule has 2 heteroatoms. The molecule has 0 amide bonds. The van der Waals surface area contributed by atoms with E-state index in [1.807, 2.05) is 0 Å². The van der Waals surface area contributed by atoms with Gasteiger partial charge in [-0.25, -0.2) is 0 Å². The number of hydrogen-bond donors (Lipinski definition) is 1. The van der Waals surface area contributed by atoms with Gasteiger partial charge in [-0.3, -0.25) is 4.39 Å². The van der Waals surface area contributed by atoms with Crippen molar-refractivity contribution in [1.82, 2.24) is 0 Å². The van der Waals surface area contributed by atoms with Crippen molar-refractivity contribution in [2.45, 2.75) is 47.1 Å². The Morgan fingerprint density at radius 1 is 0.875 bits per heavy atom. The SMILES string of the molecule is Cc1c(C)c(C)c([C@@H](N)CCF)c(C)c1C. The third-order valence-electron chi connectivity index (χ3n) is 3.85. The minimum absolute atomic E-state index is 0.178. The van der Waals surface area contributed by atoms with Gasteiger partial charge in [-0.15, -0.1) is 0 Å². The van der Waals surface area contributed by atoms with E-state index in [0.29, 0.717) is 6.42 Å². The molecule has 1 rings (SSSR count). The van der Waals surface area contributed by atoms with Crippen LogP contribution in [0.1, 0.15) is 45.8 Å². The predicted molar refractivity (Wildman–Crippen MR) is 67.6 cm³/mol. The third kappa shape index (κ3) is 2.12. The summed E-state index contributed by atoms with van der Waals surface area (Å²) in [6, 6.07) is -0.178. The lowest BCUT2D eigenvalue weighted by molar-refractivity contribution is 0.440. The van der Waals surface area contributed by atoms with E-state index in [4.69, 9.17) is 5.73 Å². The average molecular weight is 223 g/mol. The van der Waals surface area contributed by atoms with Gasteiger partial charge in [0.25, 0.3) is 0 Å². The number of hydrogen-bond acceptors (Lipinski definition) is 1. The van der Waals surface area contributed by atoms with Gasteiger partial charge >= 0.3 is 0 Å². The lowest BCUT2D eigenvalue weighted by Crippen LogP contribution is -2.16. The Morgan fingerprint density at radius 2 is 1.25 bits per heavy atom. The van der Waals surface area contributed by atoms with Gasteiger partial charge in [-0.1, -0.05) is 0 Å². The lowest BCUT2D eigenvalue weighted by atomic mass is 9.86. The van der Waals surface area contributed by atoms with Crippen LogP contribution in [0.2, 0.25) is 0 Å². The van der Waals surface area contributed by atoms with E-state index in [-0.39, 0.29) is 12.7 Å². The molecule has 0 spiro atoms. The summed E-state index contributed by atoms with van der Waals surface area (Å²) < 4.78 is 12.4. The summed E-state index contributed by atoms with van der Waals surface area (Å²) in [6.07, 6.45) is 0.406. The molecule has 0 saturated heterocycles. The van der Waals surface area contributed by atoms with Crippen molar-refractivity contribution >= 4 is 0 Å². The first-order valence-corrected chi connectivity index (χ1v) is 5.80. The van der Waals surface area contributed by atoms with Gasteiger partial charge < -0.3 is 5.73 Å². The first-order valence-electron chi connectivity index (χ1n) is 5.80. The molecule has 1 nitrogen and oxygen atoms in total. The van der Waals surface area contributed by atoms with E-state index in [0.717, 1.165) is 5.56 Å². The Hall–Kier alpha value is -0.890. The fourth-order valence-electron chi connectivity index (χ4n) is 2.35. The van der Waals surface area contributed by atoms with E-state index in [9.17, 15) is 4.39 Å². The average Bonchev–Trinajstić information content (AvgIpc) is 2.24. The van der Waals surface area contributed by atoms with Gasteiger partial charge in [0.05, 0.1) is 6.67 Å². The van der Waals surface area contributed by atoms with Crippen LogP contribution < -0.4 is 5.73 Å². The smallest absolute Gasteiger partial charge is 0.0912 e. The second-order valence-corrected chi connectivity index (χ2v) is 4.62. The molecule has 0 aromatic heterocycles. The zero-order valence-corrected chi connectivity index (χ0v) is 10.9. The standard InChI is InChI=1S/C14H22FN/c1-8-9(2)11(4)14(12(5)10(8)3)13(16)6-7-15/h13H,6-7,16H2,1-5H3/t13-/m0/s1. The fraction of sp³-hybridized carbons (Fsp3) is 0.571. The van der Waals surface area contributed by atoms with Crippen LogP contribution in [-0.4, -0.2) is 6.67 Å². The largest absolute Gasteiger partial charge is 0.324 e. The van der Waals surface area contributed by atoms with E-state index in [1.54, 1.807) is 0 Å². The maximum Gasteiger partial charge on any atom is 0.0912 e. The topological polar surface area (TPSA) is 26.0 Å². The molecule has 0 aliphatic rings. The quantitative estimate of drug-likeness (QED) is 0.832. The minimum atomic E-state index is -0.355. The molecular weight excluding hydrogens is 201 g/mol. The number of nitrogens with two attached hydrogens (primary N) is 1. The molecule has 1 aromatic carbocycles. The number of benzene rings is 1. The fourth-order valence-corrected chi connectivity index (χ4v) is 2.35. The highest BCUT2D eigenvalue weighted by molar-refractivity contribution is 5.50. The van der Waals surface area contributed by atoms with Crippen LogP contribution in [0.25, 0.3) is 0 Å². The molecule has 0 aliphatic heterocycles. The number of rotatable bonds is 3. The summed E-state index contributed by atoms with van der Waals surface area (Å²) >= 11 is 0. The number of halogens is 1. The summed E-state index contributed by atoms with van der Waals surface area (Å²) in [6.45, 7) is 10.2. The Balaban J connectivity index is 3.39. The molecule has 0 unspecified atom stereocenters. The van der Waals surface area contributed by atoms with Crippen LogP contribution in [0, 0.1) is 34.6 Å². The molecule has 0 saturated carbocycles. The molecule has 2 N–H and O–H groups in total. The monoisotopic (exact) mass is 223 g/mol. The molecule has 1 atom stereocenters. The van der Waals surface area contributed by atoms with Crippen LogP contribution in [0.4, 0.5) is 4.39 Å². The van der Waals surface area contributed by atoms with Crippen molar-refractivity contribution in [2.24, 2.45) is 5.73 Å². The summed E-state index contributed by atoms with van der Waals surface area (Å²) in [5.41, 5.74) is 13.5. The third-order valence-corrected chi connectivity index (χ3v) is 3.85. The van der Waals surface area contributed by atoms with Gasteiger partial charge in [0.15, 0.2) is 0 Å². The normalized spacial score (nSPS) is 12.9. The van der Waals surface area contributed by atoms with Gasteiger partial charge in [-0.2, -0.15) is 0 Å². The van der Waals surface area contributed by atoms with Crippen LogP contribution in [0.3, 0.4) is 0 Å². The summed E-state index contributed by atoms with van der Waals surface area (Å²) in [7, 11) is 0. The molecule has 0 heterocycles. The Bertz CT molecular complexity index is 367. The van der Waals surface area contributed by atoms with Crippen molar-refractivity contribution in [3.05, 3.63) is 33.4 Å². The van der Waals surface area contributed by atoms with Crippen molar-refractivity contribution in [1.29, 1.82) is 0 Å². The Morgan fingerprint density at radius 3 is 1.62 bits per heavy atom. The van der Waals surface area contributed by atoms with Gasteiger partial charge in [0.2, 0.25) is 0 Å². The van der Waals surface area contributed by atoms with Gasteiger partial charge in [0, 0.05) is 6.04 Å². The molecule has 0 bridgehead atoms. The maximum absolute atomic E-state index is 12.4. The molecule has 0 aliphatic carbocycles. The summed E-state index contributed by atoms with van der Waals surface area (Å²) in [5.74, 6) is 0. The van der Waals surface area contributed by atoms with Crippen molar-refractivity contribution in [2.75, 3.05) is 6.67 Å². The van der Waals surface area contributed by atoms with Gasteiger partial charge in [0.1, 0.15) is 0 Å². The molecule has 0 fully saturated rings. The van der Waals surface area contributed by atoms with Crippen LogP contribution in [0.5, 0.6) is 0 Å². The Labute approximate surface area is 97.9 Å². The minimum Gasteiger partial charge on any atom is -0.324 e. The highest BCUT2D eigenvalue weighted by Crippen LogP contribution is 2.30. The molecule has 1 aromatic rings. The Kier molecular flexibility index (Phi) is 4.09. The molecule has 0 radical (unpaired) electrons. The predicted octanol–water partition coefficient (Wildman–Crippen LogP) is 3.59. The van der Waals surface area contributed by atoms with E-state index < -0.39 is 0 Å². The maximum atomic E-state index is 12.4. The van der Waals surface area contributed by atoms with Crippen molar-refractivity contribution < 1.29 is 4.39 Å². The van der Waals surface area contributed by atoms with Crippen molar-refractivity contribution in [3.63, 3.8) is 0 Å². The zero-order valence-electron chi connectivity index (χ0n) is 10.9. The molecular formula is C14H22FN. The second-order valence-electron chi connectivity index (χ2n) is 4.62. The highest BCUT2D eigenvalue weighted by Gasteiger charge is 2.17. The zero-order chi connectivity index (χ0) is 12.5. The second kappa shape index (κ2) is 4.96.